The van der Waals surface area contributed by atoms with Crippen LogP contribution in [0.25, 0.3) is 11.4 Å². The number of halogens is 1. The summed E-state index contributed by atoms with van der Waals surface area (Å²) < 4.78 is 5.41. The van der Waals surface area contributed by atoms with E-state index in [0.717, 1.165) is 5.69 Å². The van der Waals surface area contributed by atoms with Gasteiger partial charge in [0.15, 0.2) is 5.75 Å². The molecular formula is C18H17ClN6O2. The lowest BCUT2D eigenvalue weighted by Gasteiger charge is -2.16. The smallest absolute Gasteiger partial charge is 0.255 e. The number of carbonyl (C=O) groups is 1. The lowest BCUT2D eigenvalue weighted by atomic mass is 10.1. The lowest BCUT2D eigenvalue weighted by Crippen LogP contribution is -2.31. The number of nitrogens with two attached hydrogens (primary N) is 1. The number of para-hydroxylation sites is 1. The predicted octanol–water partition coefficient (Wildman–Crippen LogP) is 2.75. The molecule has 0 aliphatic carbocycles. The van der Waals surface area contributed by atoms with Crippen molar-refractivity contribution in [2.24, 2.45) is 0 Å². The number of aromatic nitrogens is 3. The third kappa shape index (κ3) is 3.04. The number of H-pyrrole nitrogens is 1. The molecule has 4 rings (SSSR count). The van der Waals surface area contributed by atoms with Gasteiger partial charge in [0.1, 0.15) is 0 Å². The Morgan fingerprint density at radius 2 is 2.19 bits per heavy atom. The maximum absolute atomic E-state index is 12.5. The van der Waals surface area contributed by atoms with E-state index in [1.165, 1.54) is 7.11 Å². The molecule has 0 saturated heterocycles. The van der Waals surface area contributed by atoms with Gasteiger partial charge in [-0.25, -0.2) is 9.97 Å². The van der Waals surface area contributed by atoms with Crippen molar-refractivity contribution in [1.29, 1.82) is 0 Å². The quantitative estimate of drug-likeness (QED) is 0.549. The number of carbonyl (C=O) groups excluding carboxylic acids is 1. The third-order valence-corrected chi connectivity index (χ3v) is 4.62. The minimum atomic E-state index is -0.163. The highest BCUT2D eigenvalue weighted by Crippen LogP contribution is 2.40. The first-order valence-electron chi connectivity index (χ1n) is 8.30. The fraction of sp³-hybridized carbons (Fsp3) is 0.167. The molecule has 9 heteroatoms. The largest absolute Gasteiger partial charge is 0.493 e. The van der Waals surface area contributed by atoms with Crippen LogP contribution in [0.2, 0.25) is 5.02 Å². The van der Waals surface area contributed by atoms with E-state index in [1.54, 1.807) is 24.4 Å². The summed E-state index contributed by atoms with van der Waals surface area (Å²) in [7, 11) is 1.54. The molecule has 0 atom stereocenters. The summed E-state index contributed by atoms with van der Waals surface area (Å²) >= 11 is 6.23. The standard InChI is InChI=1S/C18H17ClN6O2/c1-27-16-9(19)3-2-4-12(16)24-15-13-10(5-7-21-17(13)26)23-14(15)11-6-8-22-18(20)25-11/h2-4,6,8,23-24H,5,7H2,1H3,(H,21,26)(H2,20,22,25). The second kappa shape index (κ2) is 6.81. The normalized spacial score (nSPS) is 13.0. The van der Waals surface area contributed by atoms with E-state index in [1.807, 2.05) is 6.07 Å². The van der Waals surface area contributed by atoms with Crippen molar-refractivity contribution in [3.05, 3.63) is 46.7 Å². The van der Waals surface area contributed by atoms with Crippen LogP contribution in [0.3, 0.4) is 0 Å². The molecule has 2 aromatic heterocycles. The van der Waals surface area contributed by atoms with Crippen molar-refractivity contribution in [2.45, 2.75) is 6.42 Å². The Kier molecular flexibility index (Phi) is 4.33. The Labute approximate surface area is 160 Å². The number of anilines is 3. The first-order chi connectivity index (χ1) is 13.1. The van der Waals surface area contributed by atoms with Gasteiger partial charge in [0.2, 0.25) is 5.95 Å². The molecule has 0 saturated carbocycles. The number of rotatable bonds is 4. The second-order valence-electron chi connectivity index (χ2n) is 5.98. The summed E-state index contributed by atoms with van der Waals surface area (Å²) in [5.41, 5.74) is 9.55. The lowest BCUT2D eigenvalue weighted by molar-refractivity contribution is 0.0947. The molecule has 0 unspecified atom stereocenters. The van der Waals surface area contributed by atoms with Crippen LogP contribution in [0.4, 0.5) is 17.3 Å². The maximum Gasteiger partial charge on any atom is 0.255 e. The summed E-state index contributed by atoms with van der Waals surface area (Å²) in [5.74, 6) is 0.471. The summed E-state index contributed by atoms with van der Waals surface area (Å²) in [6.07, 6.45) is 2.25. The SMILES string of the molecule is COc1c(Cl)cccc1Nc1c(-c2ccnc(N)n2)[nH]c2c1C(=O)NCC2. The van der Waals surface area contributed by atoms with E-state index in [9.17, 15) is 4.79 Å². The van der Waals surface area contributed by atoms with Gasteiger partial charge in [0.05, 0.1) is 40.5 Å². The average molecular weight is 385 g/mol. The number of hydrogen-bond donors (Lipinski definition) is 4. The van der Waals surface area contributed by atoms with Crippen LogP contribution in [0.1, 0.15) is 16.1 Å². The van der Waals surface area contributed by atoms with E-state index in [-0.39, 0.29) is 11.9 Å². The molecule has 5 N–H and O–H groups in total. The molecule has 3 heterocycles. The number of benzene rings is 1. The molecule has 1 aliphatic heterocycles. The Balaban J connectivity index is 1.90. The van der Waals surface area contributed by atoms with Crippen molar-refractivity contribution < 1.29 is 9.53 Å². The van der Waals surface area contributed by atoms with Gasteiger partial charge in [-0.05, 0) is 18.2 Å². The highest BCUT2D eigenvalue weighted by atomic mass is 35.5. The number of methoxy groups -OCH3 is 1. The van der Waals surface area contributed by atoms with Crippen LogP contribution in [-0.2, 0) is 6.42 Å². The number of ether oxygens (including phenoxy) is 1. The molecule has 0 radical (unpaired) electrons. The molecule has 27 heavy (non-hydrogen) atoms. The average Bonchev–Trinajstić information content (AvgIpc) is 3.02. The summed E-state index contributed by atoms with van der Waals surface area (Å²) in [6, 6.07) is 7.08. The summed E-state index contributed by atoms with van der Waals surface area (Å²) in [5, 5.41) is 6.62. The van der Waals surface area contributed by atoms with Crippen LogP contribution in [-0.4, -0.2) is 34.5 Å². The molecule has 1 aliphatic rings. The third-order valence-electron chi connectivity index (χ3n) is 4.33. The zero-order chi connectivity index (χ0) is 19.0. The van der Waals surface area contributed by atoms with Crippen LogP contribution < -0.4 is 21.1 Å². The Morgan fingerprint density at radius 1 is 1.33 bits per heavy atom. The first kappa shape index (κ1) is 17.2. The molecule has 0 bridgehead atoms. The highest BCUT2D eigenvalue weighted by molar-refractivity contribution is 6.32. The van der Waals surface area contributed by atoms with Crippen LogP contribution in [0.15, 0.2) is 30.5 Å². The molecule has 3 aromatic rings. The van der Waals surface area contributed by atoms with Gasteiger partial charge in [0.25, 0.3) is 5.91 Å². The van der Waals surface area contributed by atoms with Gasteiger partial charge in [-0.3, -0.25) is 4.79 Å². The number of fused-ring (bicyclic) bond motifs is 1. The van der Waals surface area contributed by atoms with Gasteiger partial charge in [0, 0.05) is 24.9 Å². The number of nitrogens with zero attached hydrogens (tertiary/aromatic N) is 2. The minimum absolute atomic E-state index is 0.149. The Hall–Kier alpha value is -3.26. The Bertz CT molecular complexity index is 1030. The van der Waals surface area contributed by atoms with Gasteiger partial charge in [-0.1, -0.05) is 17.7 Å². The molecule has 1 amide bonds. The zero-order valence-corrected chi connectivity index (χ0v) is 15.2. The first-order valence-corrected chi connectivity index (χ1v) is 8.67. The van der Waals surface area contributed by atoms with E-state index >= 15 is 0 Å². The predicted molar refractivity (Wildman–Crippen MR) is 104 cm³/mol. The number of nitrogen functional groups attached to an aromatic ring is 1. The second-order valence-corrected chi connectivity index (χ2v) is 6.39. The maximum atomic E-state index is 12.5. The fourth-order valence-corrected chi connectivity index (χ4v) is 3.41. The number of aromatic amines is 1. The molecule has 0 spiro atoms. The number of nitrogens with one attached hydrogen (secondary N) is 3. The van der Waals surface area contributed by atoms with Gasteiger partial charge in [-0.2, -0.15) is 0 Å². The van der Waals surface area contributed by atoms with Crippen molar-refractivity contribution >= 4 is 34.8 Å². The van der Waals surface area contributed by atoms with Crippen molar-refractivity contribution in [3.8, 4) is 17.1 Å². The zero-order valence-electron chi connectivity index (χ0n) is 14.5. The molecule has 0 fully saturated rings. The van der Waals surface area contributed by atoms with Crippen LogP contribution in [0, 0.1) is 0 Å². The minimum Gasteiger partial charge on any atom is -0.493 e. The van der Waals surface area contributed by atoms with Crippen molar-refractivity contribution in [1.82, 2.24) is 20.3 Å². The van der Waals surface area contributed by atoms with Gasteiger partial charge in [-0.15, -0.1) is 0 Å². The topological polar surface area (TPSA) is 118 Å². The molecule has 138 valence electrons. The number of hydrogen-bond acceptors (Lipinski definition) is 6. The highest BCUT2D eigenvalue weighted by Gasteiger charge is 2.28. The van der Waals surface area contributed by atoms with E-state index in [0.29, 0.717) is 52.1 Å². The number of amides is 1. The van der Waals surface area contributed by atoms with E-state index < -0.39 is 0 Å². The van der Waals surface area contributed by atoms with Crippen LogP contribution in [0.5, 0.6) is 5.75 Å². The summed E-state index contributed by atoms with van der Waals surface area (Å²) in [4.78, 5) is 24.1. The fourth-order valence-electron chi connectivity index (χ4n) is 3.16. The molecule has 8 nitrogen and oxygen atoms in total. The van der Waals surface area contributed by atoms with Crippen molar-refractivity contribution in [2.75, 3.05) is 24.7 Å². The summed E-state index contributed by atoms with van der Waals surface area (Å²) in [6.45, 7) is 0.567. The van der Waals surface area contributed by atoms with E-state index in [4.69, 9.17) is 22.1 Å². The Morgan fingerprint density at radius 3 is 2.96 bits per heavy atom. The van der Waals surface area contributed by atoms with Gasteiger partial charge < -0.3 is 26.1 Å². The molecule has 1 aromatic carbocycles. The van der Waals surface area contributed by atoms with Gasteiger partial charge >= 0.3 is 0 Å². The van der Waals surface area contributed by atoms with Crippen molar-refractivity contribution in [3.63, 3.8) is 0 Å². The van der Waals surface area contributed by atoms with Crippen LogP contribution >= 0.6 is 11.6 Å². The molecular weight excluding hydrogens is 368 g/mol. The van der Waals surface area contributed by atoms with E-state index in [2.05, 4.69) is 25.6 Å². The monoisotopic (exact) mass is 384 g/mol.